The lowest BCUT2D eigenvalue weighted by atomic mass is 9.95. The summed E-state index contributed by atoms with van der Waals surface area (Å²) in [6.07, 6.45) is 0. The van der Waals surface area contributed by atoms with Gasteiger partial charge in [0.15, 0.2) is 0 Å². The molecule has 0 heterocycles. The van der Waals surface area contributed by atoms with Crippen molar-refractivity contribution in [1.29, 1.82) is 0 Å². The zero-order valence-corrected chi connectivity index (χ0v) is 18.4. The Kier molecular flexibility index (Phi) is 4.11. The van der Waals surface area contributed by atoms with Crippen LogP contribution in [0.3, 0.4) is 0 Å². The largest absolute Gasteiger partial charge is 0.219 e. The van der Waals surface area contributed by atoms with Crippen LogP contribution in [0.4, 0.5) is 0 Å². The molecule has 0 amide bonds. The highest BCUT2D eigenvalue weighted by Crippen LogP contribution is 2.35. The van der Waals surface area contributed by atoms with E-state index in [0.717, 1.165) is 21.7 Å². The standard InChI is InChI=1S/C29H20O2S/c1-19-6-10-24(11-7-19)32(30,31)25-12-15-26-23(17-25)9-14-28-27(26)13-8-22-16-20-4-2-3-5-21(20)18-29(22)28/h2-18H,1H3. The van der Waals surface area contributed by atoms with Crippen LogP contribution in [0, 0.1) is 6.92 Å². The molecule has 0 spiro atoms. The number of aryl methyl sites for hydroxylation is 1. The lowest BCUT2D eigenvalue weighted by Crippen LogP contribution is -2.01. The Hall–Kier alpha value is -3.69. The van der Waals surface area contributed by atoms with Gasteiger partial charge < -0.3 is 0 Å². The van der Waals surface area contributed by atoms with E-state index >= 15 is 0 Å². The average molecular weight is 433 g/mol. The summed E-state index contributed by atoms with van der Waals surface area (Å²) >= 11 is 0. The molecular weight excluding hydrogens is 412 g/mol. The molecular formula is C29H20O2S. The first kappa shape index (κ1) is 19.0. The summed E-state index contributed by atoms with van der Waals surface area (Å²) < 4.78 is 26.3. The highest BCUT2D eigenvalue weighted by Gasteiger charge is 2.18. The maximum absolute atomic E-state index is 13.2. The molecule has 6 aromatic carbocycles. The van der Waals surface area contributed by atoms with Gasteiger partial charge in [-0.05, 0) is 86.4 Å². The van der Waals surface area contributed by atoms with E-state index in [4.69, 9.17) is 0 Å². The molecule has 2 nitrogen and oxygen atoms in total. The molecule has 0 saturated heterocycles. The van der Waals surface area contributed by atoms with E-state index in [2.05, 4.69) is 54.6 Å². The first-order chi connectivity index (χ1) is 15.5. The lowest BCUT2D eigenvalue weighted by molar-refractivity contribution is 0.596. The maximum atomic E-state index is 13.2. The second-order valence-electron chi connectivity index (χ2n) is 8.35. The van der Waals surface area contributed by atoms with Crippen LogP contribution in [0.15, 0.2) is 113 Å². The molecule has 0 aliphatic carbocycles. The van der Waals surface area contributed by atoms with E-state index in [1.165, 1.54) is 26.9 Å². The molecule has 0 unspecified atom stereocenters. The van der Waals surface area contributed by atoms with Crippen molar-refractivity contribution >= 4 is 52.9 Å². The van der Waals surface area contributed by atoms with Crippen molar-refractivity contribution in [1.82, 2.24) is 0 Å². The highest BCUT2D eigenvalue weighted by molar-refractivity contribution is 7.91. The molecule has 0 atom stereocenters. The van der Waals surface area contributed by atoms with Crippen molar-refractivity contribution in [2.45, 2.75) is 16.7 Å². The summed E-state index contributed by atoms with van der Waals surface area (Å²) in [5.74, 6) is 0. The number of hydrogen-bond donors (Lipinski definition) is 0. The summed E-state index contributed by atoms with van der Waals surface area (Å²) in [5.41, 5.74) is 1.04. The van der Waals surface area contributed by atoms with Gasteiger partial charge in [-0.1, -0.05) is 72.3 Å². The first-order valence-electron chi connectivity index (χ1n) is 10.6. The van der Waals surface area contributed by atoms with Crippen LogP contribution >= 0.6 is 0 Å². The summed E-state index contributed by atoms with van der Waals surface area (Å²) in [6, 6.07) is 33.7. The van der Waals surface area contributed by atoms with Gasteiger partial charge in [0.1, 0.15) is 0 Å². The molecule has 0 saturated carbocycles. The highest BCUT2D eigenvalue weighted by atomic mass is 32.2. The van der Waals surface area contributed by atoms with E-state index in [1.807, 2.05) is 31.2 Å². The van der Waals surface area contributed by atoms with Gasteiger partial charge in [0, 0.05) is 0 Å². The van der Waals surface area contributed by atoms with Crippen LogP contribution in [0.5, 0.6) is 0 Å². The Morgan fingerprint density at radius 3 is 1.75 bits per heavy atom. The maximum Gasteiger partial charge on any atom is 0.206 e. The summed E-state index contributed by atoms with van der Waals surface area (Å²) in [4.78, 5) is 0.640. The number of sulfone groups is 1. The third-order valence-electron chi connectivity index (χ3n) is 6.31. The van der Waals surface area contributed by atoms with Gasteiger partial charge in [0.25, 0.3) is 0 Å². The van der Waals surface area contributed by atoms with Gasteiger partial charge in [0.05, 0.1) is 9.79 Å². The zero-order chi connectivity index (χ0) is 21.9. The molecule has 154 valence electrons. The van der Waals surface area contributed by atoms with Gasteiger partial charge in [-0.15, -0.1) is 0 Å². The molecule has 0 radical (unpaired) electrons. The smallest absolute Gasteiger partial charge is 0.206 e. The molecule has 0 fully saturated rings. The molecule has 32 heavy (non-hydrogen) atoms. The predicted molar refractivity (Wildman–Crippen MR) is 133 cm³/mol. The molecule has 3 heteroatoms. The quantitative estimate of drug-likeness (QED) is 0.210. The van der Waals surface area contributed by atoms with E-state index < -0.39 is 9.84 Å². The molecule has 0 N–H and O–H groups in total. The molecule has 0 aromatic heterocycles. The Balaban J connectivity index is 1.57. The van der Waals surface area contributed by atoms with Gasteiger partial charge in [-0.2, -0.15) is 0 Å². The molecule has 6 rings (SSSR count). The lowest BCUT2D eigenvalue weighted by Gasteiger charge is -2.11. The van der Waals surface area contributed by atoms with E-state index in [0.29, 0.717) is 9.79 Å². The number of benzene rings is 6. The second kappa shape index (κ2) is 6.91. The number of hydrogen-bond acceptors (Lipinski definition) is 2. The molecule has 0 bridgehead atoms. The third kappa shape index (κ3) is 2.89. The number of fused-ring (bicyclic) bond motifs is 6. The minimum atomic E-state index is -3.56. The van der Waals surface area contributed by atoms with Crippen molar-refractivity contribution in [3.05, 3.63) is 109 Å². The monoisotopic (exact) mass is 432 g/mol. The Morgan fingerprint density at radius 2 is 1.03 bits per heavy atom. The third-order valence-corrected chi connectivity index (χ3v) is 8.08. The van der Waals surface area contributed by atoms with Crippen LogP contribution in [0.1, 0.15) is 5.56 Å². The van der Waals surface area contributed by atoms with Crippen molar-refractivity contribution in [2.24, 2.45) is 0 Å². The van der Waals surface area contributed by atoms with E-state index in [-0.39, 0.29) is 0 Å². The van der Waals surface area contributed by atoms with Crippen molar-refractivity contribution in [3.8, 4) is 0 Å². The van der Waals surface area contributed by atoms with Crippen molar-refractivity contribution < 1.29 is 8.42 Å². The fraction of sp³-hybridized carbons (Fsp3) is 0.0345. The van der Waals surface area contributed by atoms with Crippen LogP contribution in [0.25, 0.3) is 43.1 Å². The Morgan fingerprint density at radius 1 is 0.469 bits per heavy atom. The Bertz CT molecular complexity index is 1780. The van der Waals surface area contributed by atoms with Crippen LogP contribution in [0.2, 0.25) is 0 Å². The van der Waals surface area contributed by atoms with Gasteiger partial charge >= 0.3 is 0 Å². The van der Waals surface area contributed by atoms with Crippen LogP contribution in [-0.2, 0) is 9.84 Å². The minimum Gasteiger partial charge on any atom is -0.219 e. The fourth-order valence-corrected chi connectivity index (χ4v) is 5.87. The SMILES string of the molecule is Cc1ccc(S(=O)(=O)c2ccc3c(ccc4c5cc6ccccc6cc5ccc34)c2)cc1. The first-order valence-corrected chi connectivity index (χ1v) is 12.1. The number of rotatable bonds is 2. The van der Waals surface area contributed by atoms with E-state index in [9.17, 15) is 8.42 Å². The van der Waals surface area contributed by atoms with Gasteiger partial charge in [-0.3, -0.25) is 0 Å². The topological polar surface area (TPSA) is 34.1 Å². The minimum absolute atomic E-state index is 0.319. The van der Waals surface area contributed by atoms with E-state index in [1.54, 1.807) is 24.3 Å². The second-order valence-corrected chi connectivity index (χ2v) is 10.3. The molecule has 0 aliphatic heterocycles. The summed E-state index contributed by atoms with van der Waals surface area (Å²) in [5, 5.41) is 9.14. The van der Waals surface area contributed by atoms with Crippen LogP contribution < -0.4 is 0 Å². The average Bonchev–Trinajstić information content (AvgIpc) is 2.82. The predicted octanol–water partition coefficient (Wildman–Crippen LogP) is 7.44. The Labute approximate surface area is 186 Å². The molecule has 0 aliphatic rings. The summed E-state index contributed by atoms with van der Waals surface area (Å²) in [6.45, 7) is 1.95. The normalized spacial score (nSPS) is 12.2. The van der Waals surface area contributed by atoms with Crippen LogP contribution in [-0.4, -0.2) is 8.42 Å². The van der Waals surface area contributed by atoms with Gasteiger partial charge in [-0.25, -0.2) is 8.42 Å². The van der Waals surface area contributed by atoms with Crippen molar-refractivity contribution in [3.63, 3.8) is 0 Å². The van der Waals surface area contributed by atoms with Gasteiger partial charge in [0.2, 0.25) is 9.84 Å². The molecule has 6 aromatic rings. The van der Waals surface area contributed by atoms with Crippen molar-refractivity contribution in [2.75, 3.05) is 0 Å². The zero-order valence-electron chi connectivity index (χ0n) is 17.5. The summed E-state index contributed by atoms with van der Waals surface area (Å²) in [7, 11) is -3.56. The fourth-order valence-electron chi connectivity index (χ4n) is 4.57.